The van der Waals surface area contributed by atoms with E-state index in [1.807, 2.05) is 0 Å². The summed E-state index contributed by atoms with van der Waals surface area (Å²) in [5, 5.41) is 36.7. The first-order valence-corrected chi connectivity index (χ1v) is 6.47. The van der Waals surface area contributed by atoms with Crippen molar-refractivity contribution in [1.82, 2.24) is 0 Å². The number of hydrogen-bond acceptors (Lipinski definition) is 6. The Morgan fingerprint density at radius 1 is 1.14 bits per heavy atom. The third-order valence-electron chi connectivity index (χ3n) is 3.47. The Bertz CT molecular complexity index is 847. The Balaban J connectivity index is 2.33. The SMILES string of the molecule is N=C1C=C(c2oc3cc(O)cc(O)c3c(=O)c2O)CCC1. The summed E-state index contributed by atoms with van der Waals surface area (Å²) in [6, 6.07) is 2.21. The van der Waals surface area contributed by atoms with Crippen LogP contribution in [0.25, 0.3) is 16.5 Å². The highest BCUT2D eigenvalue weighted by Gasteiger charge is 2.21. The van der Waals surface area contributed by atoms with Gasteiger partial charge in [-0.05, 0) is 25.3 Å². The highest BCUT2D eigenvalue weighted by Crippen LogP contribution is 2.35. The van der Waals surface area contributed by atoms with E-state index in [0.29, 0.717) is 24.1 Å². The van der Waals surface area contributed by atoms with E-state index in [-0.39, 0.29) is 22.5 Å². The van der Waals surface area contributed by atoms with Crippen molar-refractivity contribution in [2.24, 2.45) is 0 Å². The van der Waals surface area contributed by atoms with Gasteiger partial charge in [-0.1, -0.05) is 0 Å². The first-order chi connectivity index (χ1) is 9.97. The summed E-state index contributed by atoms with van der Waals surface area (Å²) in [6.45, 7) is 0. The Morgan fingerprint density at radius 2 is 1.90 bits per heavy atom. The van der Waals surface area contributed by atoms with Gasteiger partial charge < -0.3 is 25.1 Å². The zero-order valence-corrected chi connectivity index (χ0v) is 11.0. The van der Waals surface area contributed by atoms with Crippen LogP contribution in [-0.2, 0) is 0 Å². The second-order valence-electron chi connectivity index (χ2n) is 5.00. The highest BCUT2D eigenvalue weighted by molar-refractivity contribution is 6.00. The maximum absolute atomic E-state index is 12.2. The normalized spacial score (nSPS) is 15.2. The largest absolute Gasteiger partial charge is 0.508 e. The molecule has 0 unspecified atom stereocenters. The summed E-state index contributed by atoms with van der Waals surface area (Å²) in [6.07, 6.45) is 3.52. The molecule has 0 atom stereocenters. The lowest BCUT2D eigenvalue weighted by Crippen LogP contribution is -2.07. The zero-order valence-electron chi connectivity index (χ0n) is 11.0. The molecule has 1 aliphatic rings. The van der Waals surface area contributed by atoms with Crippen molar-refractivity contribution in [3.63, 3.8) is 0 Å². The molecule has 1 aromatic heterocycles. The number of benzene rings is 1. The molecule has 0 amide bonds. The molecule has 0 bridgehead atoms. The molecule has 1 heterocycles. The number of phenolic OH excluding ortho intramolecular Hbond substituents is 2. The minimum atomic E-state index is -0.762. The quantitative estimate of drug-likeness (QED) is 0.643. The summed E-state index contributed by atoms with van der Waals surface area (Å²) in [5.74, 6) is -1.30. The van der Waals surface area contributed by atoms with Gasteiger partial charge in [0, 0.05) is 23.4 Å². The third kappa shape index (κ3) is 2.14. The van der Waals surface area contributed by atoms with Gasteiger partial charge in [0.1, 0.15) is 22.5 Å². The van der Waals surface area contributed by atoms with E-state index in [0.717, 1.165) is 12.5 Å². The predicted octanol–water partition coefficient (Wildman–Crippen LogP) is 2.50. The van der Waals surface area contributed by atoms with Crippen LogP contribution < -0.4 is 5.43 Å². The molecule has 0 spiro atoms. The van der Waals surface area contributed by atoms with Crippen molar-refractivity contribution in [2.75, 3.05) is 0 Å². The van der Waals surface area contributed by atoms with Crippen LogP contribution in [0.5, 0.6) is 17.2 Å². The molecule has 21 heavy (non-hydrogen) atoms. The van der Waals surface area contributed by atoms with Gasteiger partial charge in [-0.25, -0.2) is 0 Å². The smallest absolute Gasteiger partial charge is 0.238 e. The number of rotatable bonds is 1. The molecule has 0 radical (unpaired) electrons. The summed E-state index contributed by atoms with van der Waals surface area (Å²) in [7, 11) is 0. The maximum atomic E-state index is 12.2. The third-order valence-corrected chi connectivity index (χ3v) is 3.47. The lowest BCUT2D eigenvalue weighted by atomic mass is 9.95. The van der Waals surface area contributed by atoms with Crippen LogP contribution in [0.4, 0.5) is 0 Å². The van der Waals surface area contributed by atoms with Crippen LogP contribution in [0, 0.1) is 5.41 Å². The van der Waals surface area contributed by atoms with Crippen LogP contribution in [0.2, 0.25) is 0 Å². The molecular formula is C15H13NO5. The molecule has 4 N–H and O–H groups in total. The molecule has 0 aliphatic heterocycles. The van der Waals surface area contributed by atoms with Gasteiger partial charge >= 0.3 is 0 Å². The van der Waals surface area contributed by atoms with E-state index >= 15 is 0 Å². The van der Waals surface area contributed by atoms with Gasteiger partial charge in [0.2, 0.25) is 11.2 Å². The number of hydrogen-bond donors (Lipinski definition) is 4. The van der Waals surface area contributed by atoms with Gasteiger partial charge in [0.25, 0.3) is 0 Å². The molecule has 0 saturated heterocycles. The van der Waals surface area contributed by atoms with Crippen molar-refractivity contribution in [2.45, 2.75) is 19.3 Å². The fraction of sp³-hybridized carbons (Fsp3) is 0.200. The minimum Gasteiger partial charge on any atom is -0.508 e. The molecule has 0 saturated carbocycles. The van der Waals surface area contributed by atoms with Crippen molar-refractivity contribution in [1.29, 1.82) is 5.41 Å². The van der Waals surface area contributed by atoms with E-state index < -0.39 is 16.9 Å². The lowest BCUT2D eigenvalue weighted by Gasteiger charge is -2.14. The Hall–Kier alpha value is -2.76. The molecule has 1 aliphatic carbocycles. The monoisotopic (exact) mass is 287 g/mol. The van der Waals surface area contributed by atoms with Crippen LogP contribution in [0.1, 0.15) is 25.0 Å². The van der Waals surface area contributed by atoms with E-state index in [4.69, 9.17) is 9.83 Å². The van der Waals surface area contributed by atoms with Crippen LogP contribution in [0.3, 0.4) is 0 Å². The highest BCUT2D eigenvalue weighted by atomic mass is 16.4. The molecule has 0 fully saturated rings. The van der Waals surface area contributed by atoms with Gasteiger partial charge in [0.05, 0.1) is 0 Å². The first kappa shape index (κ1) is 13.2. The Morgan fingerprint density at radius 3 is 2.62 bits per heavy atom. The molecule has 2 aromatic rings. The fourth-order valence-corrected chi connectivity index (χ4v) is 2.50. The van der Waals surface area contributed by atoms with Crippen LogP contribution >= 0.6 is 0 Å². The van der Waals surface area contributed by atoms with Crippen molar-refractivity contribution in [3.8, 4) is 17.2 Å². The van der Waals surface area contributed by atoms with Crippen LogP contribution in [-0.4, -0.2) is 21.0 Å². The zero-order chi connectivity index (χ0) is 15.1. The second-order valence-corrected chi connectivity index (χ2v) is 5.00. The lowest BCUT2D eigenvalue weighted by molar-refractivity contribution is 0.427. The Labute approximate surface area is 119 Å². The number of phenols is 2. The molecular weight excluding hydrogens is 274 g/mol. The average Bonchev–Trinajstić information content (AvgIpc) is 2.42. The fourth-order valence-electron chi connectivity index (χ4n) is 2.50. The van der Waals surface area contributed by atoms with E-state index in [1.165, 1.54) is 6.07 Å². The number of fused-ring (bicyclic) bond motifs is 1. The summed E-state index contributed by atoms with van der Waals surface area (Å²) in [5.41, 5.74) is 0.188. The Kier molecular flexibility index (Phi) is 2.94. The van der Waals surface area contributed by atoms with Crippen LogP contribution in [0.15, 0.2) is 27.4 Å². The summed E-state index contributed by atoms with van der Waals surface area (Å²) in [4.78, 5) is 12.2. The summed E-state index contributed by atoms with van der Waals surface area (Å²) >= 11 is 0. The number of aromatic hydroxyl groups is 3. The number of allylic oxidation sites excluding steroid dienone is 2. The van der Waals surface area contributed by atoms with E-state index in [9.17, 15) is 20.1 Å². The molecule has 6 heteroatoms. The molecule has 3 rings (SSSR count). The standard InChI is InChI=1S/C15H13NO5/c16-8-3-1-2-7(4-8)15-14(20)13(19)12-10(18)5-9(17)6-11(12)21-15/h4-6,16-18,20H,1-3H2. The molecule has 1 aromatic carbocycles. The summed E-state index contributed by atoms with van der Waals surface area (Å²) < 4.78 is 5.49. The van der Waals surface area contributed by atoms with Crippen molar-refractivity contribution < 1.29 is 19.7 Å². The van der Waals surface area contributed by atoms with Gasteiger partial charge in [0.15, 0.2) is 5.76 Å². The van der Waals surface area contributed by atoms with E-state index in [1.54, 1.807) is 6.08 Å². The topological polar surface area (TPSA) is 115 Å². The first-order valence-electron chi connectivity index (χ1n) is 6.47. The second kappa shape index (κ2) is 4.66. The molecule has 108 valence electrons. The van der Waals surface area contributed by atoms with Crippen molar-refractivity contribution in [3.05, 3.63) is 34.2 Å². The maximum Gasteiger partial charge on any atom is 0.238 e. The van der Waals surface area contributed by atoms with Gasteiger partial charge in [-0.15, -0.1) is 0 Å². The van der Waals surface area contributed by atoms with Crippen molar-refractivity contribution >= 4 is 22.3 Å². The molecule has 6 nitrogen and oxygen atoms in total. The van der Waals surface area contributed by atoms with Gasteiger partial charge in [-0.2, -0.15) is 0 Å². The minimum absolute atomic E-state index is 0.0108. The van der Waals surface area contributed by atoms with Gasteiger partial charge in [-0.3, -0.25) is 4.79 Å². The number of nitrogens with one attached hydrogen (secondary N) is 1. The average molecular weight is 287 g/mol. The van der Waals surface area contributed by atoms with E-state index in [2.05, 4.69) is 0 Å². The predicted molar refractivity (Wildman–Crippen MR) is 77.0 cm³/mol.